The lowest BCUT2D eigenvalue weighted by molar-refractivity contribution is -0.144. The fraction of sp³-hybridized carbons (Fsp3) is 0.778. The lowest BCUT2D eigenvalue weighted by atomic mass is 9.84. The summed E-state index contributed by atoms with van der Waals surface area (Å²) in [7, 11) is 3.41. The normalized spacial score (nSPS) is 21.0. The molecule has 3 aliphatic rings. The quantitative estimate of drug-likeness (QED) is 0.0743. The molecule has 2 aliphatic heterocycles. The van der Waals surface area contributed by atoms with E-state index < -0.39 is 47.1 Å². The molecule has 70 heavy (non-hydrogen) atoms. The fourth-order valence-corrected chi connectivity index (χ4v) is 10.2. The minimum Gasteiger partial charge on any atom is -0.375 e. The minimum atomic E-state index is -0.790. The van der Waals surface area contributed by atoms with Crippen LogP contribution in [0.1, 0.15) is 157 Å². The van der Waals surface area contributed by atoms with Gasteiger partial charge in [-0.25, -0.2) is 0 Å². The number of benzene rings is 1. The zero-order valence-corrected chi connectivity index (χ0v) is 45.0. The number of hydrogen-bond donors (Lipinski definition) is 6. The summed E-state index contributed by atoms with van der Waals surface area (Å²) < 4.78 is 12.8. The van der Waals surface area contributed by atoms with E-state index in [4.69, 9.17) is 9.47 Å². The number of carbonyl (C=O) groups is 6. The highest BCUT2D eigenvalue weighted by molar-refractivity contribution is 5.95. The molecule has 16 heteroatoms. The molecule has 1 aromatic rings. The van der Waals surface area contributed by atoms with Gasteiger partial charge in [0.05, 0.1) is 50.6 Å². The number of likely N-dealkylation sites (N-methyl/N-ethyl adjacent to an activating group) is 2. The van der Waals surface area contributed by atoms with Crippen LogP contribution in [0.15, 0.2) is 24.3 Å². The van der Waals surface area contributed by atoms with Crippen molar-refractivity contribution in [1.82, 2.24) is 41.7 Å². The van der Waals surface area contributed by atoms with E-state index in [1.165, 1.54) is 6.42 Å². The van der Waals surface area contributed by atoms with Crippen LogP contribution in [0.2, 0.25) is 0 Å². The summed E-state index contributed by atoms with van der Waals surface area (Å²) in [6.07, 6.45) is 10.6. The number of nitrogens with one attached hydrogen (secondary N) is 6. The maximum Gasteiger partial charge on any atom is 0.246 e. The number of carbonyl (C=O) groups excluding carboxylic acids is 6. The summed E-state index contributed by atoms with van der Waals surface area (Å²) in [5, 5.41) is 18.4. The van der Waals surface area contributed by atoms with Crippen molar-refractivity contribution in [3.8, 4) is 0 Å². The molecule has 16 nitrogen and oxygen atoms in total. The lowest BCUT2D eigenvalue weighted by Crippen LogP contribution is -2.60. The van der Waals surface area contributed by atoms with Gasteiger partial charge in [0.25, 0.3) is 0 Å². The second-order valence-electron chi connectivity index (χ2n) is 22.5. The van der Waals surface area contributed by atoms with Crippen molar-refractivity contribution in [1.29, 1.82) is 0 Å². The standard InChI is InChI=1S/C54H92N8O8/c1-13-21-39(14-2)41(57-49(65)43-26-19-28-61(43)51(67)45(53(5,6)7)59-47(63)35(3)55-11)33-69-31-37-22-18-23-38(30-37)32-70-34-42(40-24-16-15-17-25-40)58-50(66)44-27-20-29-62(44)52(68)46(54(8,9)10)60-48(64)36(4)56-12/h18,22-23,30,35-36,39-46,55-56H,13-17,19-21,24-29,31-34H2,1-12H3,(H,57,65)(H,58,66)(H,59,63)(H,60,64)/t35-,36-,39?,41+,42?,43-,44-,45+,46?/m0/s1. The van der Waals surface area contributed by atoms with E-state index in [-0.39, 0.29) is 59.4 Å². The summed E-state index contributed by atoms with van der Waals surface area (Å²) >= 11 is 0. The third-order valence-electron chi connectivity index (χ3n) is 14.9. The minimum absolute atomic E-state index is 0.172. The molecular weight excluding hydrogens is 889 g/mol. The maximum atomic E-state index is 14.1. The Hall–Kier alpha value is -4.12. The van der Waals surface area contributed by atoms with Gasteiger partial charge in [-0.05, 0) is 107 Å². The first-order valence-electron chi connectivity index (χ1n) is 26.5. The Bertz CT molecular complexity index is 1740. The number of amides is 6. The molecular formula is C54H92N8O8. The van der Waals surface area contributed by atoms with Gasteiger partial charge in [0.15, 0.2) is 0 Å². The van der Waals surface area contributed by atoms with E-state index in [1.54, 1.807) is 37.7 Å². The molecule has 3 fully saturated rings. The van der Waals surface area contributed by atoms with Crippen LogP contribution in [-0.2, 0) is 51.5 Å². The lowest BCUT2D eigenvalue weighted by Gasteiger charge is -2.37. The number of ether oxygens (including phenoxy) is 2. The molecule has 0 bridgehead atoms. The van der Waals surface area contributed by atoms with E-state index in [0.717, 1.165) is 56.1 Å². The van der Waals surface area contributed by atoms with Crippen LogP contribution in [-0.4, -0.2) is 134 Å². The summed E-state index contributed by atoms with van der Waals surface area (Å²) in [6.45, 7) is 21.5. The summed E-state index contributed by atoms with van der Waals surface area (Å²) in [6, 6.07) is 3.84. The van der Waals surface area contributed by atoms with Crippen LogP contribution in [0, 0.1) is 22.7 Å². The summed E-state index contributed by atoms with van der Waals surface area (Å²) in [5.74, 6) is -0.928. The Labute approximate surface area is 420 Å². The van der Waals surface area contributed by atoms with E-state index in [0.29, 0.717) is 65.2 Å². The average molecular weight is 981 g/mol. The largest absolute Gasteiger partial charge is 0.375 e. The SMILES string of the molecule is CCCC(CC)[C@@H](COCc1cccc(COCC(NC(=O)[C@@H]2CCCN2C(=O)C(NC(=O)[C@H](C)NC)C(C)(C)C)C2CCCCC2)c1)NC(=O)[C@@H]1CCCN1C(=O)[C@@H](NC(=O)[C@H](C)NC)C(C)(C)C. The van der Waals surface area contributed by atoms with Crippen molar-refractivity contribution in [3.63, 3.8) is 0 Å². The molecule has 9 atom stereocenters. The molecule has 6 N–H and O–H groups in total. The van der Waals surface area contributed by atoms with E-state index >= 15 is 0 Å². The van der Waals surface area contributed by atoms with Crippen molar-refractivity contribution in [2.45, 2.75) is 208 Å². The molecule has 1 aliphatic carbocycles. The highest BCUT2D eigenvalue weighted by Gasteiger charge is 2.44. The van der Waals surface area contributed by atoms with Gasteiger partial charge in [-0.3, -0.25) is 28.8 Å². The first-order chi connectivity index (χ1) is 33.1. The molecule has 2 heterocycles. The topological polar surface area (TPSA) is 200 Å². The van der Waals surface area contributed by atoms with E-state index in [1.807, 2.05) is 59.7 Å². The van der Waals surface area contributed by atoms with Crippen LogP contribution in [0.5, 0.6) is 0 Å². The van der Waals surface area contributed by atoms with Gasteiger partial charge in [-0.15, -0.1) is 0 Å². The van der Waals surface area contributed by atoms with Crippen molar-refractivity contribution >= 4 is 35.4 Å². The summed E-state index contributed by atoms with van der Waals surface area (Å²) in [5.41, 5.74) is 0.813. The van der Waals surface area contributed by atoms with Crippen molar-refractivity contribution in [2.75, 3.05) is 40.4 Å². The third-order valence-corrected chi connectivity index (χ3v) is 14.9. The zero-order valence-electron chi connectivity index (χ0n) is 45.0. The molecule has 3 unspecified atom stereocenters. The van der Waals surface area contributed by atoms with E-state index in [9.17, 15) is 28.8 Å². The van der Waals surface area contributed by atoms with Gasteiger partial charge in [-0.1, -0.05) is 112 Å². The predicted octanol–water partition coefficient (Wildman–Crippen LogP) is 5.36. The van der Waals surface area contributed by atoms with Gasteiger partial charge in [0.1, 0.15) is 24.2 Å². The van der Waals surface area contributed by atoms with Gasteiger partial charge in [-0.2, -0.15) is 0 Å². The first kappa shape index (κ1) is 58.5. The van der Waals surface area contributed by atoms with Crippen molar-refractivity contribution < 1.29 is 38.2 Å². The van der Waals surface area contributed by atoms with Crippen LogP contribution in [0.4, 0.5) is 0 Å². The molecule has 4 rings (SSSR count). The molecule has 0 spiro atoms. The molecule has 0 radical (unpaired) electrons. The van der Waals surface area contributed by atoms with E-state index in [2.05, 4.69) is 51.8 Å². The van der Waals surface area contributed by atoms with Crippen LogP contribution >= 0.6 is 0 Å². The maximum absolute atomic E-state index is 14.1. The van der Waals surface area contributed by atoms with Gasteiger partial charge in [0.2, 0.25) is 35.4 Å². The van der Waals surface area contributed by atoms with Gasteiger partial charge < -0.3 is 51.2 Å². The smallest absolute Gasteiger partial charge is 0.246 e. The number of likely N-dealkylation sites (tertiary alicyclic amines) is 2. The zero-order chi connectivity index (χ0) is 51.8. The molecule has 1 aromatic carbocycles. The second-order valence-corrected chi connectivity index (χ2v) is 22.5. The molecule has 1 saturated carbocycles. The Morgan fingerprint density at radius 3 is 1.56 bits per heavy atom. The average Bonchev–Trinajstić information content (AvgIpc) is 4.04. The summed E-state index contributed by atoms with van der Waals surface area (Å²) in [4.78, 5) is 85.7. The van der Waals surface area contributed by atoms with Crippen LogP contribution in [0.3, 0.4) is 0 Å². The molecule has 396 valence electrons. The second kappa shape index (κ2) is 27.6. The first-order valence-corrected chi connectivity index (χ1v) is 26.5. The Morgan fingerprint density at radius 1 is 0.643 bits per heavy atom. The Morgan fingerprint density at radius 2 is 1.11 bits per heavy atom. The van der Waals surface area contributed by atoms with Gasteiger partial charge >= 0.3 is 0 Å². The molecule has 2 saturated heterocycles. The predicted molar refractivity (Wildman–Crippen MR) is 274 cm³/mol. The van der Waals surface area contributed by atoms with Crippen molar-refractivity contribution in [3.05, 3.63) is 35.4 Å². The fourth-order valence-electron chi connectivity index (χ4n) is 10.2. The van der Waals surface area contributed by atoms with Crippen molar-refractivity contribution in [2.24, 2.45) is 22.7 Å². The highest BCUT2D eigenvalue weighted by atomic mass is 16.5. The van der Waals surface area contributed by atoms with Crippen LogP contribution in [0.25, 0.3) is 0 Å². The highest BCUT2D eigenvalue weighted by Crippen LogP contribution is 2.30. The van der Waals surface area contributed by atoms with Crippen LogP contribution < -0.4 is 31.9 Å². The Kier molecular flexibility index (Phi) is 23.1. The van der Waals surface area contributed by atoms with Gasteiger partial charge in [0, 0.05) is 13.1 Å². The number of hydrogen-bond acceptors (Lipinski definition) is 10. The number of rotatable bonds is 25. The number of nitrogens with zero attached hydrogens (tertiary/aromatic N) is 2. The Balaban J connectivity index is 1.38. The third kappa shape index (κ3) is 16.7. The monoisotopic (exact) mass is 981 g/mol. The molecule has 6 amide bonds. The molecule has 0 aromatic heterocycles.